The Morgan fingerprint density at radius 3 is 2.78 bits per heavy atom. The van der Waals surface area contributed by atoms with Crippen molar-refractivity contribution in [2.24, 2.45) is 11.3 Å². The number of nitrogens with zero attached hydrogens (tertiary/aromatic N) is 2. The molecule has 1 atom stereocenters. The van der Waals surface area contributed by atoms with Crippen LogP contribution in [0.3, 0.4) is 0 Å². The summed E-state index contributed by atoms with van der Waals surface area (Å²) in [5.41, 5.74) is 1.28. The average Bonchev–Trinajstić information content (AvgIpc) is 3.28. The molecule has 1 spiro atoms. The van der Waals surface area contributed by atoms with Crippen molar-refractivity contribution in [2.75, 3.05) is 19.6 Å². The summed E-state index contributed by atoms with van der Waals surface area (Å²) in [6.45, 7) is 2.13. The van der Waals surface area contributed by atoms with Gasteiger partial charge in [0, 0.05) is 43.3 Å². The summed E-state index contributed by atoms with van der Waals surface area (Å²) in [6, 6.07) is 9.84. The SMILES string of the molecule is O=C(NCC1CC12CCN(C(=O)NCc1ccccc1F)CC2)c1cc2ccncc2o1. The van der Waals surface area contributed by atoms with E-state index < -0.39 is 0 Å². The molecule has 0 bridgehead atoms. The van der Waals surface area contributed by atoms with Crippen molar-refractivity contribution in [2.45, 2.75) is 25.8 Å². The number of hydrogen-bond acceptors (Lipinski definition) is 4. The first-order valence-electron chi connectivity index (χ1n) is 10.9. The number of halogens is 1. The normalized spacial score (nSPS) is 19.2. The van der Waals surface area contributed by atoms with Crippen molar-refractivity contribution in [3.63, 3.8) is 0 Å². The van der Waals surface area contributed by atoms with E-state index in [2.05, 4.69) is 15.6 Å². The molecule has 2 aliphatic rings. The van der Waals surface area contributed by atoms with Crippen molar-refractivity contribution in [1.82, 2.24) is 20.5 Å². The van der Waals surface area contributed by atoms with Crippen molar-refractivity contribution in [1.29, 1.82) is 0 Å². The van der Waals surface area contributed by atoms with Gasteiger partial charge in [-0.05, 0) is 48.8 Å². The van der Waals surface area contributed by atoms with Crippen molar-refractivity contribution >= 4 is 22.9 Å². The van der Waals surface area contributed by atoms with E-state index in [1.807, 2.05) is 6.07 Å². The molecule has 1 aliphatic heterocycles. The smallest absolute Gasteiger partial charge is 0.317 e. The molecule has 1 saturated heterocycles. The van der Waals surface area contributed by atoms with E-state index in [4.69, 9.17) is 4.42 Å². The molecule has 166 valence electrons. The van der Waals surface area contributed by atoms with E-state index in [1.54, 1.807) is 41.6 Å². The molecule has 1 saturated carbocycles. The van der Waals surface area contributed by atoms with E-state index in [0.717, 1.165) is 24.6 Å². The van der Waals surface area contributed by atoms with Crippen LogP contribution in [0.1, 0.15) is 35.4 Å². The minimum Gasteiger partial charge on any atom is -0.449 e. The number of amides is 3. The number of nitrogens with one attached hydrogen (secondary N) is 2. The molecule has 3 heterocycles. The van der Waals surface area contributed by atoms with E-state index >= 15 is 0 Å². The molecule has 5 rings (SSSR count). The molecule has 1 aromatic carbocycles. The quantitative estimate of drug-likeness (QED) is 0.638. The van der Waals surface area contributed by atoms with Crippen LogP contribution in [-0.4, -0.2) is 41.5 Å². The average molecular weight is 436 g/mol. The van der Waals surface area contributed by atoms with Gasteiger partial charge in [0.25, 0.3) is 5.91 Å². The third-order valence-corrected chi connectivity index (χ3v) is 6.85. The Labute approximate surface area is 185 Å². The zero-order chi connectivity index (χ0) is 22.1. The Balaban J connectivity index is 1.07. The van der Waals surface area contributed by atoms with Gasteiger partial charge in [-0.15, -0.1) is 0 Å². The number of furan rings is 1. The van der Waals surface area contributed by atoms with Gasteiger partial charge < -0.3 is 20.0 Å². The van der Waals surface area contributed by atoms with Crippen molar-refractivity contribution < 1.29 is 18.4 Å². The lowest BCUT2D eigenvalue weighted by atomic mass is 9.91. The second-order valence-electron chi connectivity index (χ2n) is 8.73. The molecule has 2 aromatic heterocycles. The highest BCUT2D eigenvalue weighted by Gasteiger charge is 2.54. The first-order valence-corrected chi connectivity index (χ1v) is 10.9. The molecule has 32 heavy (non-hydrogen) atoms. The fourth-order valence-electron chi connectivity index (χ4n) is 4.71. The van der Waals surface area contributed by atoms with Gasteiger partial charge in [-0.3, -0.25) is 9.78 Å². The highest BCUT2D eigenvalue weighted by molar-refractivity contribution is 5.95. The Bertz CT molecular complexity index is 1120. The summed E-state index contributed by atoms with van der Waals surface area (Å²) in [6.07, 6.45) is 6.15. The third-order valence-electron chi connectivity index (χ3n) is 6.85. The molecule has 3 amide bonds. The van der Waals surface area contributed by atoms with Crippen molar-refractivity contribution in [3.8, 4) is 0 Å². The molecular weight excluding hydrogens is 411 g/mol. The van der Waals surface area contributed by atoms with Crippen LogP contribution >= 0.6 is 0 Å². The van der Waals surface area contributed by atoms with Gasteiger partial charge in [-0.1, -0.05) is 18.2 Å². The largest absolute Gasteiger partial charge is 0.449 e. The molecule has 8 heteroatoms. The lowest BCUT2D eigenvalue weighted by Gasteiger charge is -2.33. The fourth-order valence-corrected chi connectivity index (χ4v) is 4.71. The van der Waals surface area contributed by atoms with Gasteiger partial charge in [-0.2, -0.15) is 0 Å². The number of benzene rings is 1. The Morgan fingerprint density at radius 1 is 1.19 bits per heavy atom. The Hall–Kier alpha value is -3.42. The summed E-state index contributed by atoms with van der Waals surface area (Å²) < 4.78 is 19.3. The van der Waals surface area contributed by atoms with Crippen LogP contribution in [0.25, 0.3) is 11.0 Å². The summed E-state index contributed by atoms with van der Waals surface area (Å²) in [5.74, 6) is 0.186. The van der Waals surface area contributed by atoms with Crippen LogP contribution in [0.15, 0.2) is 53.2 Å². The van der Waals surface area contributed by atoms with Crippen LogP contribution < -0.4 is 10.6 Å². The number of carbonyl (C=O) groups is 2. The highest BCUT2D eigenvalue weighted by atomic mass is 19.1. The monoisotopic (exact) mass is 436 g/mol. The Morgan fingerprint density at radius 2 is 2.00 bits per heavy atom. The number of carbonyl (C=O) groups excluding carboxylic acids is 2. The van der Waals surface area contributed by atoms with Gasteiger partial charge in [0.2, 0.25) is 0 Å². The van der Waals surface area contributed by atoms with E-state index in [9.17, 15) is 14.0 Å². The van der Waals surface area contributed by atoms with Gasteiger partial charge in [-0.25, -0.2) is 9.18 Å². The molecule has 1 aliphatic carbocycles. The number of piperidine rings is 1. The third kappa shape index (κ3) is 4.04. The number of likely N-dealkylation sites (tertiary alicyclic amines) is 1. The lowest BCUT2D eigenvalue weighted by Crippen LogP contribution is -2.45. The molecule has 0 radical (unpaired) electrons. The maximum absolute atomic E-state index is 13.7. The van der Waals surface area contributed by atoms with Crippen molar-refractivity contribution in [3.05, 3.63) is 65.9 Å². The minimum absolute atomic E-state index is 0.159. The van der Waals surface area contributed by atoms with Crippen LogP contribution in [0.5, 0.6) is 0 Å². The summed E-state index contributed by atoms with van der Waals surface area (Å²) >= 11 is 0. The molecule has 7 nitrogen and oxygen atoms in total. The molecule has 3 aromatic rings. The topological polar surface area (TPSA) is 87.5 Å². The predicted molar refractivity (Wildman–Crippen MR) is 116 cm³/mol. The second kappa shape index (κ2) is 8.26. The van der Waals surface area contributed by atoms with Crippen LogP contribution in [-0.2, 0) is 6.54 Å². The molecule has 1 unspecified atom stereocenters. The maximum Gasteiger partial charge on any atom is 0.317 e. The summed E-state index contributed by atoms with van der Waals surface area (Å²) in [4.78, 5) is 30.7. The number of aromatic nitrogens is 1. The summed E-state index contributed by atoms with van der Waals surface area (Å²) in [7, 11) is 0. The maximum atomic E-state index is 13.7. The minimum atomic E-state index is -0.312. The Kier molecular flexibility index (Phi) is 5.28. The lowest BCUT2D eigenvalue weighted by molar-refractivity contribution is 0.0922. The fraction of sp³-hybridized carbons (Fsp3) is 0.375. The number of rotatable bonds is 5. The van der Waals surface area contributed by atoms with Gasteiger partial charge >= 0.3 is 6.03 Å². The molecule has 2 N–H and O–H groups in total. The molecular formula is C24H25FN4O3. The van der Waals surface area contributed by atoms with Crippen LogP contribution in [0, 0.1) is 17.2 Å². The predicted octanol–water partition coefficient (Wildman–Crippen LogP) is 3.71. The van der Waals surface area contributed by atoms with Gasteiger partial charge in [0.15, 0.2) is 11.3 Å². The van der Waals surface area contributed by atoms with E-state index in [0.29, 0.717) is 42.5 Å². The van der Waals surface area contributed by atoms with Gasteiger partial charge in [0.1, 0.15) is 5.82 Å². The molecule has 2 fully saturated rings. The van der Waals surface area contributed by atoms with E-state index in [-0.39, 0.29) is 29.7 Å². The zero-order valence-electron chi connectivity index (χ0n) is 17.6. The van der Waals surface area contributed by atoms with Gasteiger partial charge in [0.05, 0.1) is 6.20 Å². The van der Waals surface area contributed by atoms with E-state index in [1.165, 1.54) is 6.07 Å². The van der Waals surface area contributed by atoms with Crippen LogP contribution in [0.2, 0.25) is 0 Å². The number of urea groups is 1. The number of fused-ring (bicyclic) bond motifs is 1. The first kappa shape index (κ1) is 20.5. The standard InChI is InChI=1S/C24H25FN4O3/c25-19-4-2-1-3-17(19)13-28-23(31)29-9-6-24(7-10-29)12-18(24)14-27-22(30)20-11-16-5-8-26-15-21(16)32-20/h1-5,8,11,15,18H,6-7,9-10,12-14H2,(H,27,30)(H,28,31). The number of hydrogen-bond donors (Lipinski definition) is 2. The second-order valence-corrected chi connectivity index (χ2v) is 8.73. The zero-order valence-corrected chi connectivity index (χ0v) is 17.6. The highest BCUT2D eigenvalue weighted by Crippen LogP contribution is 2.59. The van der Waals surface area contributed by atoms with Crippen LogP contribution in [0.4, 0.5) is 9.18 Å². The first-order chi connectivity index (χ1) is 15.5. The summed E-state index contributed by atoms with van der Waals surface area (Å²) in [5, 5.41) is 6.66. The number of pyridine rings is 1.